The maximum Gasteiger partial charge on any atom is 0.407 e. The van der Waals surface area contributed by atoms with E-state index in [9.17, 15) is 34.8 Å². The second kappa shape index (κ2) is 20.8. The number of amides is 1. The molecule has 14 nitrogen and oxygen atoms in total. The fourth-order valence-electron chi connectivity index (χ4n) is 11.4. The van der Waals surface area contributed by atoms with Crippen molar-refractivity contribution in [1.82, 2.24) is 5.32 Å². The molecule has 5 aliphatic rings. The molecule has 5 rings (SSSR count). The number of carbonyl (C=O) groups excluding carboxylic acids is 2. The standard InChI is InChI=1S/C49H83NO13/c1-13-33(44(53)54)36-17-16-27(4)41(60-36)31(8)39(51)30(7)40(52)34(14-2)42-28(5)26-29(6)49(62-42)23-18-35(50-45(55)58-25-24-46(10,11)56)43(63-49)37-19-21-47(12,61-37)38-20-22-48(57,15-3)32(9)59-38/h18,23,27-39,41-43,51,56-57H,13-17,19-22,24-26H2,1-12H3,(H,50,55)(H,53,54)/t27-,28-,29+,30-,31-,32-,33+,34-,35+,36+,37?,38+,39+,41+,42-,43?,47-,48+,49-/m0/s1. The van der Waals surface area contributed by atoms with Gasteiger partial charge < -0.3 is 54.2 Å². The lowest BCUT2D eigenvalue weighted by Gasteiger charge is -2.52. The van der Waals surface area contributed by atoms with E-state index in [0.717, 1.165) is 6.42 Å². The van der Waals surface area contributed by atoms with Gasteiger partial charge in [0.25, 0.3) is 0 Å². The van der Waals surface area contributed by atoms with E-state index >= 15 is 0 Å². The number of aliphatic carboxylic acids is 1. The lowest BCUT2D eigenvalue weighted by molar-refractivity contribution is -0.327. The maximum absolute atomic E-state index is 14.6. The Morgan fingerprint density at radius 2 is 1.59 bits per heavy atom. The summed E-state index contributed by atoms with van der Waals surface area (Å²) in [6, 6.07) is -0.657. The van der Waals surface area contributed by atoms with Gasteiger partial charge >= 0.3 is 12.1 Å². The van der Waals surface area contributed by atoms with Gasteiger partial charge in [-0.2, -0.15) is 0 Å². The Balaban J connectivity index is 1.36. The molecular formula is C49H83NO13. The molecule has 4 saturated heterocycles. The Morgan fingerprint density at radius 1 is 0.905 bits per heavy atom. The van der Waals surface area contributed by atoms with E-state index in [2.05, 4.69) is 26.1 Å². The predicted octanol–water partition coefficient (Wildman–Crippen LogP) is 7.12. The number of hydrogen-bond acceptors (Lipinski definition) is 12. The number of ether oxygens (including phenoxy) is 6. The van der Waals surface area contributed by atoms with Gasteiger partial charge in [-0.1, -0.05) is 61.5 Å². The first-order chi connectivity index (χ1) is 29.4. The number of ketones is 1. The van der Waals surface area contributed by atoms with Gasteiger partial charge in [0.15, 0.2) is 5.79 Å². The fourth-order valence-corrected chi connectivity index (χ4v) is 11.4. The summed E-state index contributed by atoms with van der Waals surface area (Å²) in [5, 5.41) is 46.0. The smallest absolute Gasteiger partial charge is 0.407 e. The molecule has 0 saturated carbocycles. The summed E-state index contributed by atoms with van der Waals surface area (Å²) in [6.07, 6.45) is 5.25. The number of nitrogens with one attached hydrogen (secondary N) is 1. The van der Waals surface area contributed by atoms with Crippen molar-refractivity contribution in [3.05, 3.63) is 12.2 Å². The van der Waals surface area contributed by atoms with Crippen LogP contribution in [0.2, 0.25) is 0 Å². The van der Waals surface area contributed by atoms with Crippen LogP contribution in [0.15, 0.2) is 12.2 Å². The molecule has 1 amide bonds. The molecule has 362 valence electrons. The Morgan fingerprint density at radius 3 is 2.19 bits per heavy atom. The summed E-state index contributed by atoms with van der Waals surface area (Å²) >= 11 is 0. The second-order valence-corrected chi connectivity index (χ2v) is 21.1. The number of alkyl carbamates (subject to hydrolysis) is 1. The molecular weight excluding hydrogens is 811 g/mol. The van der Waals surface area contributed by atoms with Gasteiger partial charge in [-0.25, -0.2) is 4.79 Å². The zero-order valence-electron chi connectivity index (χ0n) is 40.3. The highest BCUT2D eigenvalue weighted by Crippen LogP contribution is 2.49. The first-order valence-electron chi connectivity index (χ1n) is 24.3. The summed E-state index contributed by atoms with van der Waals surface area (Å²) in [7, 11) is 0. The molecule has 0 aliphatic carbocycles. The van der Waals surface area contributed by atoms with Gasteiger partial charge in [-0.05, 0) is 110 Å². The molecule has 5 aliphatic heterocycles. The molecule has 19 atom stereocenters. The van der Waals surface area contributed by atoms with E-state index < -0.39 is 101 Å². The second-order valence-electron chi connectivity index (χ2n) is 21.1. The molecule has 4 fully saturated rings. The number of hydrogen-bond donors (Lipinski definition) is 5. The Hall–Kier alpha value is -2.17. The molecule has 0 aromatic carbocycles. The lowest BCUT2D eigenvalue weighted by Crippen LogP contribution is -2.62. The van der Waals surface area contributed by atoms with Crippen molar-refractivity contribution >= 4 is 17.8 Å². The normalized spacial score (nSPS) is 41.0. The van der Waals surface area contributed by atoms with Crippen LogP contribution >= 0.6 is 0 Å². The quantitative estimate of drug-likeness (QED) is 0.0926. The fraction of sp³-hybridized carbons (Fsp3) is 0.898. The highest BCUT2D eigenvalue weighted by atomic mass is 16.7. The molecule has 0 bridgehead atoms. The van der Waals surface area contributed by atoms with Crippen LogP contribution in [0.1, 0.15) is 154 Å². The number of Topliss-reactive ketones (excluding diaryl/α,β-unsaturated/α-hetero) is 1. The summed E-state index contributed by atoms with van der Waals surface area (Å²) in [5.41, 5.74) is -2.57. The SMILES string of the molecule is CC[C@@H](C(=O)[C@@H](C)[C@@H](O)[C@H](C)[C@@H]1O[C@@H]([C@@H](CC)C(=O)O)CC[C@@H]1C)[C@H]1O[C@]2(C=C[C@@H](NC(=O)OCCC(C)(C)O)C(C3CC[C@@](C)([C@H]4CC[C@](O)(CC)[C@H](C)O4)O3)O2)[C@H](C)C[C@@H]1C. The first kappa shape index (κ1) is 51.8. The summed E-state index contributed by atoms with van der Waals surface area (Å²) in [6.45, 7) is 23.0. The third-order valence-electron chi connectivity index (χ3n) is 15.9. The highest BCUT2D eigenvalue weighted by Gasteiger charge is 2.57. The zero-order chi connectivity index (χ0) is 46.8. The first-order valence-corrected chi connectivity index (χ1v) is 24.3. The molecule has 63 heavy (non-hydrogen) atoms. The van der Waals surface area contributed by atoms with Crippen molar-refractivity contribution in [2.24, 2.45) is 41.4 Å². The summed E-state index contributed by atoms with van der Waals surface area (Å²) < 4.78 is 39.6. The molecule has 0 aromatic rings. The highest BCUT2D eigenvalue weighted by molar-refractivity contribution is 5.84. The van der Waals surface area contributed by atoms with Gasteiger partial charge in [0, 0.05) is 30.1 Å². The summed E-state index contributed by atoms with van der Waals surface area (Å²) in [5.74, 6) is -4.69. The number of carbonyl (C=O) groups is 3. The van der Waals surface area contributed by atoms with E-state index in [-0.39, 0.29) is 48.8 Å². The van der Waals surface area contributed by atoms with Crippen LogP contribution in [0, 0.1) is 41.4 Å². The Labute approximate surface area is 376 Å². The van der Waals surface area contributed by atoms with Crippen LogP contribution < -0.4 is 5.32 Å². The van der Waals surface area contributed by atoms with Crippen molar-refractivity contribution in [3.63, 3.8) is 0 Å². The summed E-state index contributed by atoms with van der Waals surface area (Å²) in [4.78, 5) is 39.9. The van der Waals surface area contributed by atoms with Crippen molar-refractivity contribution < 1.29 is 63.2 Å². The molecule has 2 unspecified atom stereocenters. The van der Waals surface area contributed by atoms with Crippen LogP contribution in [-0.2, 0) is 38.0 Å². The topological polar surface area (TPSA) is 200 Å². The van der Waals surface area contributed by atoms with E-state index in [1.54, 1.807) is 20.8 Å². The average molecular weight is 894 g/mol. The van der Waals surface area contributed by atoms with Crippen LogP contribution in [0.4, 0.5) is 4.79 Å². The number of aliphatic hydroxyl groups excluding tert-OH is 1. The molecule has 1 spiro atoms. The Bertz CT molecular complexity index is 1590. The van der Waals surface area contributed by atoms with Crippen molar-refractivity contribution in [1.29, 1.82) is 0 Å². The molecule has 14 heteroatoms. The van der Waals surface area contributed by atoms with Crippen LogP contribution in [0.5, 0.6) is 0 Å². The van der Waals surface area contributed by atoms with E-state index in [4.69, 9.17) is 28.4 Å². The van der Waals surface area contributed by atoms with Crippen LogP contribution in [0.25, 0.3) is 0 Å². The molecule has 5 heterocycles. The molecule has 0 radical (unpaired) electrons. The minimum atomic E-state index is -1.26. The van der Waals surface area contributed by atoms with E-state index in [1.165, 1.54) is 0 Å². The van der Waals surface area contributed by atoms with Gasteiger partial charge in [0.1, 0.15) is 11.9 Å². The van der Waals surface area contributed by atoms with Gasteiger partial charge in [-0.3, -0.25) is 9.59 Å². The molecule has 5 N–H and O–H groups in total. The largest absolute Gasteiger partial charge is 0.481 e. The number of aliphatic hydroxyl groups is 3. The monoisotopic (exact) mass is 894 g/mol. The van der Waals surface area contributed by atoms with Crippen molar-refractivity contribution in [2.75, 3.05) is 6.61 Å². The van der Waals surface area contributed by atoms with Gasteiger partial charge in [0.05, 0.1) is 78.1 Å². The van der Waals surface area contributed by atoms with Crippen molar-refractivity contribution in [2.45, 2.75) is 231 Å². The van der Waals surface area contributed by atoms with E-state index in [0.29, 0.717) is 57.8 Å². The van der Waals surface area contributed by atoms with Crippen LogP contribution in [0.3, 0.4) is 0 Å². The van der Waals surface area contributed by atoms with E-state index in [1.807, 2.05) is 53.7 Å². The molecule has 0 aromatic heterocycles. The minimum Gasteiger partial charge on any atom is -0.481 e. The van der Waals surface area contributed by atoms with Gasteiger partial charge in [0.2, 0.25) is 0 Å². The maximum atomic E-state index is 14.6. The minimum absolute atomic E-state index is 0.0237. The average Bonchev–Trinajstić information content (AvgIpc) is 3.63. The lowest BCUT2D eigenvalue weighted by atomic mass is 9.72. The Kier molecular flexibility index (Phi) is 17.1. The predicted molar refractivity (Wildman–Crippen MR) is 237 cm³/mol. The number of carboxylic acids is 1. The van der Waals surface area contributed by atoms with Crippen LogP contribution in [-0.4, -0.2) is 122 Å². The third kappa shape index (κ3) is 11.5. The number of rotatable bonds is 17. The zero-order valence-corrected chi connectivity index (χ0v) is 40.3. The third-order valence-corrected chi connectivity index (χ3v) is 15.9. The number of carboxylic acid groups (broad SMARTS) is 1. The van der Waals surface area contributed by atoms with Crippen molar-refractivity contribution in [3.8, 4) is 0 Å². The van der Waals surface area contributed by atoms with Gasteiger partial charge in [-0.15, -0.1) is 0 Å².